The van der Waals surface area contributed by atoms with Crippen LogP contribution in [0.15, 0.2) is 18.2 Å². The van der Waals surface area contributed by atoms with Crippen LogP contribution in [-0.2, 0) is 0 Å². The number of thioether (sulfide) groups is 1. The third-order valence-corrected chi connectivity index (χ3v) is 4.92. The van der Waals surface area contributed by atoms with E-state index in [1.165, 1.54) is 44.2 Å². The average Bonchev–Trinajstić information content (AvgIpc) is 2.37. The second-order valence-electron chi connectivity index (χ2n) is 4.87. The summed E-state index contributed by atoms with van der Waals surface area (Å²) < 4.78 is 26.3. The Morgan fingerprint density at radius 1 is 1.22 bits per heavy atom. The molecule has 0 radical (unpaired) electrons. The molecular weight excluding hydrogens is 252 g/mol. The summed E-state index contributed by atoms with van der Waals surface area (Å²) in [6.07, 6.45) is 6.39. The van der Waals surface area contributed by atoms with Gasteiger partial charge in [-0.1, -0.05) is 25.3 Å². The monoisotopic (exact) mass is 271 g/mol. The molecule has 1 unspecified atom stereocenters. The maximum atomic E-state index is 13.5. The van der Waals surface area contributed by atoms with E-state index in [2.05, 4.69) is 0 Å². The molecule has 1 nitrogen and oxygen atoms in total. The molecule has 1 aromatic carbocycles. The molecule has 0 saturated heterocycles. The quantitative estimate of drug-likeness (QED) is 0.894. The van der Waals surface area contributed by atoms with Crippen molar-refractivity contribution in [2.45, 2.75) is 43.4 Å². The van der Waals surface area contributed by atoms with Crippen LogP contribution < -0.4 is 5.73 Å². The molecule has 4 heteroatoms. The SMILES string of the molecule is NC(CSC1CCCCC1)c1ccc(F)cc1F. The molecular formula is C14H19F2NS. The van der Waals surface area contributed by atoms with Gasteiger partial charge in [0.1, 0.15) is 11.6 Å². The van der Waals surface area contributed by atoms with Crippen LogP contribution in [0.2, 0.25) is 0 Å². The normalized spacial score (nSPS) is 18.8. The number of rotatable bonds is 4. The molecule has 1 fully saturated rings. The van der Waals surface area contributed by atoms with Crippen LogP contribution in [0.25, 0.3) is 0 Å². The number of halogens is 2. The van der Waals surface area contributed by atoms with Crippen molar-refractivity contribution in [3.05, 3.63) is 35.4 Å². The van der Waals surface area contributed by atoms with Crippen molar-refractivity contribution in [3.63, 3.8) is 0 Å². The van der Waals surface area contributed by atoms with Crippen LogP contribution in [0.4, 0.5) is 8.78 Å². The Kier molecular flexibility index (Phi) is 5.01. The summed E-state index contributed by atoms with van der Waals surface area (Å²) in [5.41, 5.74) is 6.40. The van der Waals surface area contributed by atoms with Gasteiger partial charge in [0.05, 0.1) is 0 Å². The Hall–Kier alpha value is -0.610. The summed E-state index contributed by atoms with van der Waals surface area (Å²) in [7, 11) is 0. The van der Waals surface area contributed by atoms with Gasteiger partial charge in [-0.25, -0.2) is 8.78 Å². The van der Waals surface area contributed by atoms with Crippen LogP contribution in [-0.4, -0.2) is 11.0 Å². The van der Waals surface area contributed by atoms with Gasteiger partial charge in [0.15, 0.2) is 0 Å². The van der Waals surface area contributed by atoms with Gasteiger partial charge in [0, 0.05) is 28.7 Å². The topological polar surface area (TPSA) is 26.0 Å². The van der Waals surface area contributed by atoms with Crippen LogP contribution in [0.3, 0.4) is 0 Å². The molecule has 0 aliphatic heterocycles. The third-order valence-electron chi connectivity index (χ3n) is 3.43. The number of hydrogen-bond acceptors (Lipinski definition) is 2. The van der Waals surface area contributed by atoms with Gasteiger partial charge >= 0.3 is 0 Å². The highest BCUT2D eigenvalue weighted by Gasteiger charge is 2.17. The Morgan fingerprint density at radius 3 is 2.61 bits per heavy atom. The fourth-order valence-electron chi connectivity index (χ4n) is 2.36. The molecule has 0 spiro atoms. The molecule has 1 aromatic rings. The van der Waals surface area contributed by atoms with Crippen molar-refractivity contribution in [1.82, 2.24) is 0 Å². The number of nitrogens with two attached hydrogens (primary N) is 1. The Balaban J connectivity index is 1.88. The van der Waals surface area contributed by atoms with Crippen molar-refractivity contribution in [3.8, 4) is 0 Å². The molecule has 2 N–H and O–H groups in total. The fraction of sp³-hybridized carbons (Fsp3) is 0.571. The van der Waals surface area contributed by atoms with E-state index < -0.39 is 11.6 Å². The second-order valence-corrected chi connectivity index (χ2v) is 6.20. The molecule has 2 rings (SSSR count). The zero-order valence-electron chi connectivity index (χ0n) is 10.4. The van der Waals surface area contributed by atoms with Crippen molar-refractivity contribution >= 4 is 11.8 Å². The summed E-state index contributed by atoms with van der Waals surface area (Å²) in [6, 6.07) is 3.28. The third kappa shape index (κ3) is 3.69. The predicted molar refractivity (Wildman–Crippen MR) is 72.6 cm³/mol. The highest BCUT2D eigenvalue weighted by Crippen LogP contribution is 2.30. The summed E-state index contributed by atoms with van der Waals surface area (Å²) in [4.78, 5) is 0. The lowest BCUT2D eigenvalue weighted by Crippen LogP contribution is -2.18. The maximum absolute atomic E-state index is 13.5. The first-order valence-corrected chi connectivity index (χ1v) is 7.54. The highest BCUT2D eigenvalue weighted by molar-refractivity contribution is 7.99. The van der Waals surface area contributed by atoms with Crippen LogP contribution in [0.5, 0.6) is 0 Å². The van der Waals surface area contributed by atoms with E-state index in [1.807, 2.05) is 11.8 Å². The lowest BCUT2D eigenvalue weighted by molar-refractivity contribution is 0.515. The smallest absolute Gasteiger partial charge is 0.130 e. The van der Waals surface area contributed by atoms with Gasteiger partial charge in [-0.3, -0.25) is 0 Å². The summed E-state index contributed by atoms with van der Waals surface area (Å²) in [6.45, 7) is 0. The second kappa shape index (κ2) is 6.53. The van der Waals surface area contributed by atoms with Crippen LogP contribution in [0, 0.1) is 11.6 Å². The van der Waals surface area contributed by atoms with Gasteiger partial charge < -0.3 is 5.73 Å². The lowest BCUT2D eigenvalue weighted by atomic mass is 10.0. The molecule has 1 atom stereocenters. The van der Waals surface area contributed by atoms with Crippen LogP contribution >= 0.6 is 11.8 Å². The van der Waals surface area contributed by atoms with Crippen molar-refractivity contribution in [2.75, 3.05) is 5.75 Å². The largest absolute Gasteiger partial charge is 0.323 e. The molecule has 0 aromatic heterocycles. The molecule has 0 amide bonds. The van der Waals surface area contributed by atoms with Crippen molar-refractivity contribution in [1.29, 1.82) is 0 Å². The fourth-order valence-corrected chi connectivity index (χ4v) is 3.69. The van der Waals surface area contributed by atoms with E-state index in [1.54, 1.807) is 0 Å². The molecule has 18 heavy (non-hydrogen) atoms. The van der Waals surface area contributed by atoms with Crippen molar-refractivity contribution in [2.24, 2.45) is 5.73 Å². The molecule has 0 heterocycles. The zero-order chi connectivity index (χ0) is 13.0. The zero-order valence-corrected chi connectivity index (χ0v) is 11.2. The molecule has 1 aliphatic carbocycles. The number of benzene rings is 1. The first-order valence-electron chi connectivity index (χ1n) is 6.49. The highest BCUT2D eigenvalue weighted by atomic mass is 32.2. The minimum atomic E-state index is -0.552. The Morgan fingerprint density at radius 2 is 1.94 bits per heavy atom. The lowest BCUT2D eigenvalue weighted by Gasteiger charge is -2.22. The van der Waals surface area contributed by atoms with Gasteiger partial charge in [-0.2, -0.15) is 11.8 Å². The first-order chi connectivity index (χ1) is 8.66. The summed E-state index contributed by atoms with van der Waals surface area (Å²) >= 11 is 1.83. The Bertz CT molecular complexity index is 391. The molecule has 100 valence electrons. The summed E-state index contributed by atoms with van der Waals surface area (Å²) in [5, 5.41) is 0.660. The number of hydrogen-bond donors (Lipinski definition) is 1. The van der Waals surface area contributed by atoms with E-state index in [-0.39, 0.29) is 6.04 Å². The molecule has 1 aliphatic rings. The van der Waals surface area contributed by atoms with Gasteiger partial charge in [0.25, 0.3) is 0 Å². The summed E-state index contributed by atoms with van der Waals surface area (Å²) in [5.74, 6) is -0.386. The van der Waals surface area contributed by atoms with E-state index in [0.717, 1.165) is 6.07 Å². The molecule has 1 saturated carbocycles. The maximum Gasteiger partial charge on any atom is 0.130 e. The van der Waals surface area contributed by atoms with Gasteiger partial charge in [-0.05, 0) is 18.9 Å². The van der Waals surface area contributed by atoms with Crippen LogP contribution in [0.1, 0.15) is 43.7 Å². The minimum absolute atomic E-state index is 0.350. The Labute approximate surface area is 111 Å². The molecule has 0 bridgehead atoms. The standard InChI is InChI=1S/C14H19F2NS/c15-10-6-7-12(13(16)8-10)14(17)9-18-11-4-2-1-3-5-11/h6-8,11,14H,1-5,9,17H2. The van der Waals surface area contributed by atoms with Gasteiger partial charge in [0.2, 0.25) is 0 Å². The van der Waals surface area contributed by atoms with E-state index in [0.29, 0.717) is 16.6 Å². The minimum Gasteiger partial charge on any atom is -0.323 e. The van der Waals surface area contributed by atoms with E-state index in [4.69, 9.17) is 5.73 Å². The van der Waals surface area contributed by atoms with E-state index in [9.17, 15) is 8.78 Å². The predicted octanol–water partition coefficient (Wildman–Crippen LogP) is 4.03. The average molecular weight is 271 g/mol. The van der Waals surface area contributed by atoms with Gasteiger partial charge in [-0.15, -0.1) is 0 Å². The van der Waals surface area contributed by atoms with E-state index >= 15 is 0 Å². The first kappa shape index (κ1) is 13.8. The van der Waals surface area contributed by atoms with Crippen molar-refractivity contribution < 1.29 is 8.78 Å².